The third kappa shape index (κ3) is 2.45. The van der Waals surface area contributed by atoms with Crippen LogP contribution in [0.1, 0.15) is 0 Å². The number of hydrogen-bond acceptors (Lipinski definition) is 7. The summed E-state index contributed by atoms with van der Waals surface area (Å²) < 4.78 is 30.2. The highest BCUT2D eigenvalue weighted by Gasteiger charge is 2.47. The van der Waals surface area contributed by atoms with Gasteiger partial charge in [0.05, 0.1) is 12.6 Å². The lowest BCUT2D eigenvalue weighted by atomic mass is 9.96. The first-order valence-corrected chi connectivity index (χ1v) is 5.66. The molecule has 8 nitrogen and oxygen atoms in total. The van der Waals surface area contributed by atoms with Crippen LogP contribution in [0.5, 0.6) is 0 Å². The van der Waals surface area contributed by atoms with Crippen molar-refractivity contribution < 1.29 is 33.4 Å². The number of piperidine rings is 1. The van der Waals surface area contributed by atoms with Crippen molar-refractivity contribution in [2.45, 2.75) is 29.7 Å². The van der Waals surface area contributed by atoms with E-state index < -0.39 is 46.5 Å². The van der Waals surface area contributed by atoms with Crippen LogP contribution in [-0.4, -0.2) is 69.7 Å². The second kappa shape index (κ2) is 4.29. The SMILES string of the molecule is O=S(=O)(O)[C@H]1N[C@H](CO)[C@@H](O)[C@H](O)[C@@H]1O. The van der Waals surface area contributed by atoms with Gasteiger partial charge in [0.15, 0.2) is 5.37 Å². The van der Waals surface area contributed by atoms with E-state index in [0.717, 1.165) is 0 Å². The van der Waals surface area contributed by atoms with Gasteiger partial charge in [-0.1, -0.05) is 0 Å². The molecule has 90 valence electrons. The summed E-state index contributed by atoms with van der Waals surface area (Å²) in [5.41, 5.74) is 0. The number of rotatable bonds is 2. The van der Waals surface area contributed by atoms with Gasteiger partial charge in [0.25, 0.3) is 10.1 Å². The van der Waals surface area contributed by atoms with Crippen molar-refractivity contribution in [1.82, 2.24) is 5.32 Å². The van der Waals surface area contributed by atoms with E-state index in [-0.39, 0.29) is 0 Å². The monoisotopic (exact) mass is 243 g/mol. The molecule has 1 aliphatic rings. The lowest BCUT2D eigenvalue weighted by molar-refractivity contribution is -0.108. The summed E-state index contributed by atoms with van der Waals surface area (Å²) in [5, 5.41) is 36.9. The molecule has 0 saturated carbocycles. The number of aliphatic hydroxyl groups is 4. The van der Waals surface area contributed by atoms with Crippen LogP contribution >= 0.6 is 0 Å². The summed E-state index contributed by atoms with van der Waals surface area (Å²) in [6.07, 6.45) is -5.13. The maximum Gasteiger partial charge on any atom is 0.283 e. The molecule has 0 aromatic carbocycles. The van der Waals surface area contributed by atoms with Gasteiger partial charge in [0, 0.05) is 0 Å². The average molecular weight is 243 g/mol. The molecule has 1 aliphatic heterocycles. The lowest BCUT2D eigenvalue weighted by Crippen LogP contribution is -2.67. The fourth-order valence-electron chi connectivity index (χ4n) is 1.45. The van der Waals surface area contributed by atoms with Crippen molar-refractivity contribution in [3.63, 3.8) is 0 Å². The van der Waals surface area contributed by atoms with Crippen LogP contribution in [0.2, 0.25) is 0 Å². The van der Waals surface area contributed by atoms with Gasteiger partial charge in [-0.05, 0) is 0 Å². The fraction of sp³-hybridized carbons (Fsp3) is 1.00. The average Bonchev–Trinajstić information content (AvgIpc) is 2.13. The van der Waals surface area contributed by atoms with Crippen LogP contribution in [0.3, 0.4) is 0 Å². The Bertz CT molecular complexity index is 315. The van der Waals surface area contributed by atoms with E-state index in [1.54, 1.807) is 0 Å². The quantitative estimate of drug-likeness (QED) is 0.271. The van der Waals surface area contributed by atoms with Crippen molar-refractivity contribution >= 4 is 10.1 Å². The molecule has 0 aliphatic carbocycles. The van der Waals surface area contributed by atoms with Gasteiger partial charge in [0.2, 0.25) is 0 Å². The van der Waals surface area contributed by atoms with Gasteiger partial charge in [-0.15, -0.1) is 0 Å². The molecule has 0 bridgehead atoms. The minimum Gasteiger partial charge on any atom is -0.395 e. The summed E-state index contributed by atoms with van der Waals surface area (Å²) >= 11 is 0. The summed E-state index contributed by atoms with van der Waals surface area (Å²) in [6, 6.07) is -1.13. The van der Waals surface area contributed by atoms with Gasteiger partial charge in [-0.2, -0.15) is 8.42 Å². The highest BCUT2D eigenvalue weighted by molar-refractivity contribution is 7.86. The zero-order valence-corrected chi connectivity index (χ0v) is 8.37. The van der Waals surface area contributed by atoms with Crippen LogP contribution in [0.15, 0.2) is 0 Å². The van der Waals surface area contributed by atoms with Gasteiger partial charge in [-0.25, -0.2) is 0 Å². The van der Waals surface area contributed by atoms with Gasteiger partial charge >= 0.3 is 0 Å². The number of nitrogens with one attached hydrogen (secondary N) is 1. The zero-order valence-electron chi connectivity index (χ0n) is 7.55. The zero-order chi connectivity index (χ0) is 11.8. The summed E-state index contributed by atoms with van der Waals surface area (Å²) in [5.74, 6) is 0. The lowest BCUT2D eigenvalue weighted by Gasteiger charge is -2.39. The van der Waals surface area contributed by atoms with Gasteiger partial charge < -0.3 is 20.4 Å². The Hall–Kier alpha value is -0.290. The molecule has 0 aromatic heterocycles. The Balaban J connectivity index is 2.93. The molecule has 9 heteroatoms. The Kier molecular flexibility index (Phi) is 3.66. The Labute approximate surface area is 85.9 Å². The van der Waals surface area contributed by atoms with Crippen molar-refractivity contribution in [2.24, 2.45) is 0 Å². The number of aliphatic hydroxyl groups excluding tert-OH is 4. The molecule has 1 heterocycles. The van der Waals surface area contributed by atoms with Crippen molar-refractivity contribution in [1.29, 1.82) is 0 Å². The molecule has 0 spiro atoms. The molecule has 0 unspecified atom stereocenters. The highest BCUT2D eigenvalue weighted by atomic mass is 32.2. The minimum absolute atomic E-state index is 0.642. The van der Waals surface area contributed by atoms with Crippen molar-refractivity contribution in [3.8, 4) is 0 Å². The molecule has 0 aromatic rings. The Morgan fingerprint density at radius 3 is 2.00 bits per heavy atom. The second-order valence-corrected chi connectivity index (χ2v) is 4.90. The third-order valence-corrected chi connectivity index (χ3v) is 3.37. The first kappa shape index (κ1) is 12.8. The van der Waals surface area contributed by atoms with E-state index in [9.17, 15) is 23.7 Å². The smallest absolute Gasteiger partial charge is 0.283 e. The van der Waals surface area contributed by atoms with Crippen molar-refractivity contribution in [3.05, 3.63) is 0 Å². The Morgan fingerprint density at radius 1 is 1.07 bits per heavy atom. The maximum absolute atomic E-state index is 10.8. The first-order chi connectivity index (χ1) is 6.79. The van der Waals surface area contributed by atoms with E-state index in [1.165, 1.54) is 0 Å². The molecular weight excluding hydrogens is 230 g/mol. The normalized spacial score (nSPS) is 42.9. The van der Waals surface area contributed by atoms with Crippen LogP contribution in [-0.2, 0) is 10.1 Å². The topological polar surface area (TPSA) is 147 Å². The van der Waals surface area contributed by atoms with Crippen LogP contribution in [0, 0.1) is 0 Å². The van der Waals surface area contributed by atoms with E-state index in [4.69, 9.17) is 9.66 Å². The largest absolute Gasteiger partial charge is 0.395 e. The highest BCUT2D eigenvalue weighted by Crippen LogP contribution is 2.18. The van der Waals surface area contributed by atoms with Crippen LogP contribution in [0.4, 0.5) is 0 Å². The predicted octanol–water partition coefficient (Wildman–Crippen LogP) is -3.75. The standard InChI is InChI=1S/C6H13NO7S/c8-1-2-3(9)4(10)5(11)6(7-2)15(12,13)14/h2-11H,1H2,(H,12,13,14)/t2-,3-,4+,5+,6-/m1/s1. The number of hydrogen-bond donors (Lipinski definition) is 6. The summed E-state index contributed by atoms with van der Waals surface area (Å²) in [6.45, 7) is -0.642. The molecule has 0 amide bonds. The molecule has 6 N–H and O–H groups in total. The predicted molar refractivity (Wildman–Crippen MR) is 47.4 cm³/mol. The van der Waals surface area contributed by atoms with E-state index in [0.29, 0.717) is 0 Å². The molecule has 1 rings (SSSR count). The van der Waals surface area contributed by atoms with E-state index in [1.807, 2.05) is 0 Å². The maximum atomic E-state index is 10.8. The first-order valence-electron chi connectivity index (χ1n) is 4.16. The van der Waals surface area contributed by atoms with E-state index in [2.05, 4.69) is 5.32 Å². The molecule has 15 heavy (non-hydrogen) atoms. The molecule has 5 atom stereocenters. The van der Waals surface area contributed by atoms with E-state index >= 15 is 0 Å². The third-order valence-electron chi connectivity index (χ3n) is 2.32. The molecule has 1 fully saturated rings. The second-order valence-electron chi connectivity index (χ2n) is 3.36. The van der Waals surface area contributed by atoms with Gasteiger partial charge in [-0.3, -0.25) is 9.87 Å². The molecule has 0 radical (unpaired) electrons. The molecule has 1 saturated heterocycles. The minimum atomic E-state index is -4.62. The fourth-order valence-corrected chi connectivity index (χ4v) is 2.31. The molecular formula is C6H13NO7S. The van der Waals surface area contributed by atoms with Crippen LogP contribution in [0.25, 0.3) is 0 Å². The van der Waals surface area contributed by atoms with Crippen LogP contribution < -0.4 is 5.32 Å². The van der Waals surface area contributed by atoms with Gasteiger partial charge in [0.1, 0.15) is 18.3 Å². The van der Waals surface area contributed by atoms with Crippen molar-refractivity contribution in [2.75, 3.05) is 6.61 Å². The Morgan fingerprint density at radius 2 is 1.60 bits per heavy atom. The summed E-state index contributed by atoms with van der Waals surface area (Å²) in [4.78, 5) is 0. The summed E-state index contributed by atoms with van der Waals surface area (Å²) in [7, 11) is -4.62.